The van der Waals surface area contributed by atoms with Gasteiger partial charge < -0.3 is 4.98 Å². The zero-order valence-electron chi connectivity index (χ0n) is 15.5. The third-order valence-electron chi connectivity index (χ3n) is 4.94. The molecule has 28 heavy (non-hydrogen) atoms. The van der Waals surface area contributed by atoms with Gasteiger partial charge in [-0.05, 0) is 57.8 Å². The molecule has 0 amide bonds. The van der Waals surface area contributed by atoms with E-state index in [1.54, 1.807) is 12.3 Å². The summed E-state index contributed by atoms with van der Waals surface area (Å²) in [7, 11) is 0. The van der Waals surface area contributed by atoms with Crippen molar-refractivity contribution in [3.05, 3.63) is 102 Å². The summed E-state index contributed by atoms with van der Waals surface area (Å²) in [5.74, 6) is 0. The molecule has 0 spiro atoms. The SMILES string of the molecule is O=c1ccc(-c2cccc(-c3cccnc3)c2)c2ccc3ccc[nH]c3c12.[Cs]. The normalized spacial score (nSPS) is 10.7. The van der Waals surface area contributed by atoms with Crippen LogP contribution < -0.4 is 5.43 Å². The summed E-state index contributed by atoms with van der Waals surface area (Å²) in [5.41, 5.74) is 5.22. The van der Waals surface area contributed by atoms with Crippen LogP contribution in [0.5, 0.6) is 0 Å². The quantitative estimate of drug-likeness (QED) is 0.360. The molecular weight excluding hydrogens is 465 g/mol. The minimum absolute atomic E-state index is 0. The van der Waals surface area contributed by atoms with Crippen molar-refractivity contribution in [1.29, 1.82) is 0 Å². The van der Waals surface area contributed by atoms with Gasteiger partial charge in [0.2, 0.25) is 0 Å². The Kier molecular flexibility index (Phi) is 5.87. The number of fused-ring (bicyclic) bond motifs is 3. The monoisotopic (exact) mass is 481 g/mol. The molecule has 4 heteroatoms. The number of aromatic nitrogens is 2. The summed E-state index contributed by atoms with van der Waals surface area (Å²) in [6, 6.07) is 24.0. The van der Waals surface area contributed by atoms with Gasteiger partial charge in [-0.15, -0.1) is 0 Å². The van der Waals surface area contributed by atoms with Crippen LogP contribution in [0.2, 0.25) is 0 Å². The molecule has 5 aromatic rings. The van der Waals surface area contributed by atoms with Gasteiger partial charge in [0.25, 0.3) is 0 Å². The first-order valence-electron chi connectivity index (χ1n) is 8.85. The van der Waals surface area contributed by atoms with Gasteiger partial charge in [-0.3, -0.25) is 9.78 Å². The molecule has 0 unspecified atom stereocenters. The van der Waals surface area contributed by atoms with Crippen molar-refractivity contribution in [2.45, 2.75) is 0 Å². The average Bonchev–Trinajstić information content (AvgIpc) is 2.74. The standard InChI is InChI=1S/C24H16N2O.Cs/c27-22-11-10-20(21-9-8-16-6-3-13-26-24(16)23(21)22)18-5-1-4-17(14-18)19-7-2-12-25-15-19;/h1-15,26H;. The van der Waals surface area contributed by atoms with Crippen molar-refractivity contribution >= 4 is 90.6 Å². The van der Waals surface area contributed by atoms with Gasteiger partial charge in [0.05, 0.1) is 10.9 Å². The second-order valence-corrected chi connectivity index (χ2v) is 6.56. The number of hydrogen-bond acceptors (Lipinski definition) is 2. The molecule has 0 atom stereocenters. The smallest absolute Gasteiger partial charge is 0.188 e. The van der Waals surface area contributed by atoms with Gasteiger partial charge in [0.1, 0.15) is 0 Å². The first kappa shape index (κ1) is 19.6. The molecule has 1 N–H and O–H groups in total. The second-order valence-electron chi connectivity index (χ2n) is 6.56. The van der Waals surface area contributed by atoms with E-state index >= 15 is 0 Å². The van der Waals surface area contributed by atoms with Crippen molar-refractivity contribution in [2.75, 3.05) is 0 Å². The Labute approximate surface area is 221 Å². The number of nitrogens with one attached hydrogen (secondary N) is 1. The molecule has 2 aromatic heterocycles. The van der Waals surface area contributed by atoms with Crippen LogP contribution in [0.25, 0.3) is 43.9 Å². The van der Waals surface area contributed by atoms with E-state index in [1.807, 2.05) is 54.9 Å². The maximum atomic E-state index is 12.6. The zero-order valence-corrected chi connectivity index (χ0v) is 21.8. The minimum atomic E-state index is 0. The van der Waals surface area contributed by atoms with E-state index in [4.69, 9.17) is 0 Å². The molecule has 0 saturated carbocycles. The van der Waals surface area contributed by atoms with E-state index in [1.165, 1.54) is 0 Å². The van der Waals surface area contributed by atoms with E-state index in [-0.39, 0.29) is 74.3 Å². The summed E-state index contributed by atoms with van der Waals surface area (Å²) in [5, 5.41) is 2.72. The summed E-state index contributed by atoms with van der Waals surface area (Å²) >= 11 is 0. The maximum Gasteiger partial charge on any atom is 0.188 e. The van der Waals surface area contributed by atoms with E-state index < -0.39 is 0 Å². The van der Waals surface area contributed by atoms with Crippen molar-refractivity contribution in [1.82, 2.24) is 9.97 Å². The fraction of sp³-hybridized carbons (Fsp3) is 0. The summed E-state index contributed by atoms with van der Waals surface area (Å²) in [6.07, 6.45) is 5.49. The van der Waals surface area contributed by atoms with Gasteiger partial charge in [0, 0.05) is 93.0 Å². The number of H-pyrrole nitrogens is 1. The number of pyridine rings is 2. The van der Waals surface area contributed by atoms with Gasteiger partial charge >= 0.3 is 0 Å². The molecule has 1 radical (unpaired) electrons. The van der Waals surface area contributed by atoms with E-state index in [9.17, 15) is 4.79 Å². The fourth-order valence-corrected chi connectivity index (χ4v) is 3.66. The van der Waals surface area contributed by atoms with Crippen molar-refractivity contribution in [3.63, 3.8) is 0 Å². The molecule has 3 nitrogen and oxygen atoms in total. The van der Waals surface area contributed by atoms with Gasteiger partial charge in [0.15, 0.2) is 5.43 Å². The fourth-order valence-electron chi connectivity index (χ4n) is 3.66. The van der Waals surface area contributed by atoms with Crippen LogP contribution in [0.3, 0.4) is 0 Å². The maximum absolute atomic E-state index is 12.6. The van der Waals surface area contributed by atoms with Crippen LogP contribution >= 0.6 is 0 Å². The molecular formula is C24H16CsN2O. The molecule has 5 rings (SSSR count). The van der Waals surface area contributed by atoms with Crippen molar-refractivity contribution < 1.29 is 0 Å². The molecule has 0 fully saturated rings. The van der Waals surface area contributed by atoms with Crippen molar-refractivity contribution in [2.24, 2.45) is 0 Å². The van der Waals surface area contributed by atoms with Crippen LogP contribution in [0.15, 0.2) is 96.2 Å². The molecule has 3 aromatic carbocycles. The Balaban J connectivity index is 0.00000192. The number of benzene rings is 3. The molecule has 0 saturated heterocycles. The topological polar surface area (TPSA) is 45.8 Å². The van der Waals surface area contributed by atoms with E-state index in [0.717, 1.165) is 43.9 Å². The van der Waals surface area contributed by atoms with Gasteiger partial charge in [-0.1, -0.05) is 42.5 Å². The molecule has 129 valence electrons. The van der Waals surface area contributed by atoms with Crippen LogP contribution in [0.1, 0.15) is 0 Å². The van der Waals surface area contributed by atoms with E-state index in [0.29, 0.717) is 0 Å². The third-order valence-corrected chi connectivity index (χ3v) is 4.94. The van der Waals surface area contributed by atoms with Crippen molar-refractivity contribution in [3.8, 4) is 22.3 Å². The minimum Gasteiger partial charge on any atom is -0.361 e. The van der Waals surface area contributed by atoms with Gasteiger partial charge in [-0.25, -0.2) is 0 Å². The Bertz CT molecular complexity index is 1340. The summed E-state index contributed by atoms with van der Waals surface area (Å²) in [4.78, 5) is 20.1. The zero-order chi connectivity index (χ0) is 18.2. The first-order valence-corrected chi connectivity index (χ1v) is 8.85. The summed E-state index contributed by atoms with van der Waals surface area (Å²) < 4.78 is 0. The Morgan fingerprint density at radius 1 is 0.786 bits per heavy atom. The molecule has 0 aliphatic heterocycles. The number of rotatable bonds is 2. The first-order chi connectivity index (χ1) is 13.3. The van der Waals surface area contributed by atoms with Crippen LogP contribution in [0.4, 0.5) is 0 Å². The largest absolute Gasteiger partial charge is 0.361 e. The predicted octanol–water partition coefficient (Wildman–Crippen LogP) is 5.03. The predicted molar refractivity (Wildman–Crippen MR) is 116 cm³/mol. The Morgan fingerprint density at radius 2 is 1.64 bits per heavy atom. The number of hydrogen-bond donors (Lipinski definition) is 1. The molecule has 2 heterocycles. The number of aromatic amines is 1. The average molecular weight is 481 g/mol. The molecule has 0 bridgehead atoms. The van der Waals surface area contributed by atoms with Crippen LogP contribution in [0, 0.1) is 0 Å². The third kappa shape index (κ3) is 3.52. The van der Waals surface area contributed by atoms with Crippen LogP contribution in [-0.4, -0.2) is 78.9 Å². The van der Waals surface area contributed by atoms with Crippen LogP contribution in [-0.2, 0) is 0 Å². The van der Waals surface area contributed by atoms with E-state index in [2.05, 4.69) is 34.2 Å². The summed E-state index contributed by atoms with van der Waals surface area (Å²) in [6.45, 7) is 0. The van der Waals surface area contributed by atoms with Gasteiger partial charge in [-0.2, -0.15) is 0 Å². The second kappa shape index (κ2) is 8.37. The molecule has 0 aliphatic rings. The Hall–Kier alpha value is -1.67. The number of nitrogens with zero attached hydrogens (tertiary/aromatic N) is 1. The Morgan fingerprint density at radius 3 is 2.50 bits per heavy atom. The molecule has 0 aliphatic carbocycles.